The molecular formula is C19H22N2O4S. The van der Waals surface area contributed by atoms with Crippen LogP contribution in [0.1, 0.15) is 21.5 Å². The highest BCUT2D eigenvalue weighted by molar-refractivity contribution is 7.89. The summed E-state index contributed by atoms with van der Waals surface area (Å²) in [6.45, 7) is 1.85. The van der Waals surface area contributed by atoms with Crippen LogP contribution in [-0.4, -0.2) is 45.0 Å². The Kier molecular flexibility index (Phi) is 6.15. The van der Waals surface area contributed by atoms with Gasteiger partial charge in [-0.3, -0.25) is 9.59 Å². The fourth-order valence-electron chi connectivity index (χ4n) is 2.44. The van der Waals surface area contributed by atoms with E-state index in [0.717, 1.165) is 11.8 Å². The molecule has 2 rings (SSSR count). The second kappa shape index (κ2) is 8.14. The molecule has 0 aliphatic rings. The van der Waals surface area contributed by atoms with Crippen molar-refractivity contribution in [2.45, 2.75) is 12.7 Å². The normalized spacial score (nSPS) is 11.0. The molecule has 0 bridgehead atoms. The van der Waals surface area contributed by atoms with Crippen LogP contribution >= 0.6 is 0 Å². The third-order valence-corrected chi connectivity index (χ3v) is 4.52. The molecular weight excluding hydrogens is 352 g/mol. The molecule has 0 atom stereocenters. The average molecular weight is 374 g/mol. The van der Waals surface area contributed by atoms with Crippen LogP contribution < -0.4 is 5.32 Å². The molecule has 0 heterocycles. The lowest BCUT2D eigenvalue weighted by Crippen LogP contribution is -2.35. The Morgan fingerprint density at radius 1 is 1.08 bits per heavy atom. The molecule has 6 nitrogen and oxygen atoms in total. The maximum atomic E-state index is 12.5. The van der Waals surface area contributed by atoms with Crippen molar-refractivity contribution >= 4 is 27.3 Å². The number of carbonyl (C=O) groups excluding carboxylic acids is 2. The lowest BCUT2D eigenvalue weighted by atomic mass is 10.1. The second-order valence-electron chi connectivity index (χ2n) is 6.35. The lowest BCUT2D eigenvalue weighted by molar-refractivity contribution is -0.116. The van der Waals surface area contributed by atoms with E-state index in [-0.39, 0.29) is 24.1 Å². The molecule has 0 aliphatic heterocycles. The second-order valence-corrected chi connectivity index (χ2v) is 8.49. The first-order chi connectivity index (χ1) is 12.1. The van der Waals surface area contributed by atoms with Gasteiger partial charge in [0.25, 0.3) is 5.91 Å². The molecule has 0 aromatic heterocycles. The maximum absolute atomic E-state index is 12.5. The maximum Gasteiger partial charge on any atom is 0.254 e. The molecule has 7 heteroatoms. The first-order valence-electron chi connectivity index (χ1n) is 8.03. The quantitative estimate of drug-likeness (QED) is 0.841. The van der Waals surface area contributed by atoms with Crippen LogP contribution in [0, 0.1) is 6.92 Å². The predicted octanol–water partition coefficient (Wildman–Crippen LogP) is 2.25. The van der Waals surface area contributed by atoms with Gasteiger partial charge >= 0.3 is 0 Å². The van der Waals surface area contributed by atoms with Gasteiger partial charge in [0.2, 0.25) is 5.91 Å². The first-order valence-corrected chi connectivity index (χ1v) is 10.1. The topological polar surface area (TPSA) is 83.6 Å². The van der Waals surface area contributed by atoms with E-state index in [0.29, 0.717) is 16.8 Å². The molecule has 0 saturated heterocycles. The van der Waals surface area contributed by atoms with Crippen LogP contribution in [0.4, 0.5) is 5.69 Å². The van der Waals surface area contributed by atoms with E-state index in [1.807, 2.05) is 19.1 Å². The Bertz CT molecular complexity index is 905. The fraction of sp³-hybridized carbons (Fsp3) is 0.263. The Morgan fingerprint density at radius 2 is 1.73 bits per heavy atom. The van der Waals surface area contributed by atoms with Crippen molar-refractivity contribution in [1.82, 2.24) is 4.90 Å². The molecule has 138 valence electrons. The van der Waals surface area contributed by atoms with E-state index >= 15 is 0 Å². The zero-order valence-electron chi connectivity index (χ0n) is 15.0. The number of rotatable bonds is 6. The number of sulfone groups is 1. The minimum Gasteiger partial charge on any atom is -0.332 e. The van der Waals surface area contributed by atoms with Gasteiger partial charge in [0.1, 0.15) is 0 Å². The van der Waals surface area contributed by atoms with Crippen LogP contribution in [0.2, 0.25) is 0 Å². The number of carbonyl (C=O) groups is 2. The van der Waals surface area contributed by atoms with E-state index in [4.69, 9.17) is 0 Å². The number of aryl methyl sites for hydroxylation is 1. The molecule has 2 amide bonds. The van der Waals surface area contributed by atoms with Gasteiger partial charge in [-0.2, -0.15) is 0 Å². The number of nitrogens with one attached hydrogen (secondary N) is 1. The Balaban J connectivity index is 2.01. The summed E-state index contributed by atoms with van der Waals surface area (Å²) in [4.78, 5) is 25.9. The number of benzene rings is 2. The van der Waals surface area contributed by atoms with Crippen LogP contribution in [0.5, 0.6) is 0 Å². The molecule has 0 saturated carbocycles. The molecule has 26 heavy (non-hydrogen) atoms. The van der Waals surface area contributed by atoms with Crippen molar-refractivity contribution in [2.24, 2.45) is 0 Å². The SMILES string of the molecule is Cc1ccc(NC(=O)CN(C)C(=O)c2cccc(CS(C)(=O)=O)c2)cc1. The summed E-state index contributed by atoms with van der Waals surface area (Å²) in [6.07, 6.45) is 1.14. The lowest BCUT2D eigenvalue weighted by Gasteiger charge is -2.17. The number of likely N-dealkylation sites (N-methyl/N-ethyl adjacent to an activating group) is 1. The van der Waals surface area contributed by atoms with Gasteiger partial charge in [0.15, 0.2) is 9.84 Å². The van der Waals surface area contributed by atoms with Crippen molar-refractivity contribution in [3.05, 3.63) is 65.2 Å². The smallest absolute Gasteiger partial charge is 0.254 e. The molecule has 2 aromatic rings. The van der Waals surface area contributed by atoms with Crippen molar-refractivity contribution in [1.29, 1.82) is 0 Å². The van der Waals surface area contributed by atoms with Gasteiger partial charge in [-0.25, -0.2) is 8.42 Å². The van der Waals surface area contributed by atoms with Gasteiger partial charge in [-0.15, -0.1) is 0 Å². The van der Waals surface area contributed by atoms with Crippen LogP contribution in [0.15, 0.2) is 48.5 Å². The van der Waals surface area contributed by atoms with Gasteiger partial charge < -0.3 is 10.2 Å². The third-order valence-electron chi connectivity index (χ3n) is 3.67. The monoisotopic (exact) mass is 374 g/mol. The third kappa shape index (κ3) is 6.00. The molecule has 0 unspecified atom stereocenters. The molecule has 1 N–H and O–H groups in total. The van der Waals surface area contributed by atoms with Crippen LogP contribution in [-0.2, 0) is 20.4 Å². The summed E-state index contributed by atoms with van der Waals surface area (Å²) in [7, 11) is -1.66. The highest BCUT2D eigenvalue weighted by Gasteiger charge is 2.16. The average Bonchev–Trinajstić information content (AvgIpc) is 2.55. The van der Waals surface area contributed by atoms with Crippen LogP contribution in [0.3, 0.4) is 0 Å². The summed E-state index contributed by atoms with van der Waals surface area (Å²) in [5.41, 5.74) is 2.63. The minimum absolute atomic E-state index is 0.108. The molecule has 2 aromatic carbocycles. The molecule has 0 radical (unpaired) electrons. The molecule has 0 spiro atoms. The Morgan fingerprint density at radius 3 is 2.35 bits per heavy atom. The van der Waals surface area contributed by atoms with Gasteiger partial charge in [0.05, 0.1) is 12.3 Å². The number of hydrogen-bond donors (Lipinski definition) is 1. The Hall–Kier alpha value is -2.67. The molecule has 0 aliphatic carbocycles. The summed E-state index contributed by atoms with van der Waals surface area (Å²) < 4.78 is 22.8. The van der Waals surface area contributed by atoms with Crippen molar-refractivity contribution in [2.75, 3.05) is 25.2 Å². The number of anilines is 1. The summed E-state index contributed by atoms with van der Waals surface area (Å²) >= 11 is 0. The summed E-state index contributed by atoms with van der Waals surface area (Å²) in [5.74, 6) is -0.789. The zero-order chi connectivity index (χ0) is 19.3. The largest absolute Gasteiger partial charge is 0.332 e. The van der Waals surface area contributed by atoms with Crippen molar-refractivity contribution in [3.63, 3.8) is 0 Å². The van der Waals surface area contributed by atoms with Gasteiger partial charge in [-0.05, 0) is 36.8 Å². The number of hydrogen-bond acceptors (Lipinski definition) is 4. The number of nitrogens with zero attached hydrogens (tertiary/aromatic N) is 1. The minimum atomic E-state index is -3.19. The van der Waals surface area contributed by atoms with Gasteiger partial charge in [-0.1, -0.05) is 29.8 Å². The van der Waals surface area contributed by atoms with E-state index in [1.54, 1.807) is 30.3 Å². The summed E-state index contributed by atoms with van der Waals surface area (Å²) in [6, 6.07) is 13.8. The standard InChI is InChI=1S/C19H22N2O4S/c1-14-7-9-17(10-8-14)20-18(22)12-21(2)19(23)16-6-4-5-15(11-16)13-26(3,24)25/h4-11H,12-13H2,1-3H3,(H,20,22). The van der Waals surface area contributed by atoms with E-state index in [9.17, 15) is 18.0 Å². The summed E-state index contributed by atoms with van der Waals surface area (Å²) in [5, 5.41) is 2.74. The predicted molar refractivity (Wildman–Crippen MR) is 102 cm³/mol. The van der Waals surface area contributed by atoms with E-state index in [1.165, 1.54) is 18.0 Å². The highest BCUT2D eigenvalue weighted by atomic mass is 32.2. The highest BCUT2D eigenvalue weighted by Crippen LogP contribution is 2.12. The van der Waals surface area contributed by atoms with E-state index in [2.05, 4.69) is 5.32 Å². The first kappa shape index (κ1) is 19.7. The fourth-order valence-corrected chi connectivity index (χ4v) is 3.23. The number of amides is 2. The van der Waals surface area contributed by atoms with Crippen molar-refractivity contribution in [3.8, 4) is 0 Å². The van der Waals surface area contributed by atoms with Crippen LogP contribution in [0.25, 0.3) is 0 Å². The van der Waals surface area contributed by atoms with E-state index < -0.39 is 9.84 Å². The van der Waals surface area contributed by atoms with Gasteiger partial charge in [0, 0.05) is 24.6 Å². The molecule has 0 fully saturated rings. The zero-order valence-corrected chi connectivity index (χ0v) is 15.8. The Labute approximate surface area is 153 Å². The van der Waals surface area contributed by atoms with Crippen molar-refractivity contribution < 1.29 is 18.0 Å².